The zero-order valence-corrected chi connectivity index (χ0v) is 18.2. The lowest BCUT2D eigenvalue weighted by atomic mass is 10.1. The molecule has 0 bridgehead atoms. The summed E-state index contributed by atoms with van der Waals surface area (Å²) in [4.78, 5) is 14.9. The van der Waals surface area contributed by atoms with E-state index in [0.29, 0.717) is 6.04 Å². The zero-order chi connectivity index (χ0) is 19.9. The van der Waals surface area contributed by atoms with Crippen LogP contribution in [0, 0.1) is 6.92 Å². The molecule has 0 radical (unpaired) electrons. The van der Waals surface area contributed by atoms with Crippen LogP contribution in [0.4, 0.5) is 0 Å². The average Bonchev–Trinajstić information content (AvgIpc) is 2.68. The Morgan fingerprint density at radius 1 is 1.11 bits per heavy atom. The molecule has 1 atom stereocenters. The van der Waals surface area contributed by atoms with E-state index in [-0.39, 0.29) is 0 Å². The Kier molecular flexibility index (Phi) is 7.71. The second-order valence-corrected chi connectivity index (χ2v) is 8.34. The van der Waals surface area contributed by atoms with Gasteiger partial charge in [-0.05, 0) is 33.5 Å². The fourth-order valence-corrected chi connectivity index (χ4v) is 4.10. The van der Waals surface area contributed by atoms with Gasteiger partial charge in [0.1, 0.15) is 0 Å². The highest BCUT2D eigenvalue weighted by Gasteiger charge is 2.23. The van der Waals surface area contributed by atoms with Gasteiger partial charge in [0, 0.05) is 64.9 Å². The van der Waals surface area contributed by atoms with Crippen LogP contribution in [-0.4, -0.2) is 105 Å². The second-order valence-electron chi connectivity index (χ2n) is 8.34. The van der Waals surface area contributed by atoms with Gasteiger partial charge in [-0.15, -0.1) is 0 Å². The summed E-state index contributed by atoms with van der Waals surface area (Å²) < 4.78 is 0. The highest BCUT2D eigenvalue weighted by molar-refractivity contribution is 5.80. The van der Waals surface area contributed by atoms with Gasteiger partial charge in [0.25, 0.3) is 0 Å². The van der Waals surface area contributed by atoms with E-state index in [1.165, 1.54) is 11.1 Å². The molecule has 28 heavy (non-hydrogen) atoms. The van der Waals surface area contributed by atoms with Gasteiger partial charge in [0.15, 0.2) is 5.96 Å². The third kappa shape index (κ3) is 5.93. The van der Waals surface area contributed by atoms with Crippen molar-refractivity contribution < 1.29 is 0 Å². The van der Waals surface area contributed by atoms with Gasteiger partial charge in [-0.1, -0.05) is 29.8 Å². The molecule has 0 aromatic heterocycles. The molecule has 0 aliphatic carbocycles. The Labute approximate surface area is 171 Å². The molecule has 2 saturated heterocycles. The minimum Gasteiger partial charge on any atom is -0.357 e. The Hall–Kier alpha value is -1.63. The van der Waals surface area contributed by atoms with Crippen LogP contribution in [0.25, 0.3) is 0 Å². The minimum absolute atomic E-state index is 0.509. The number of hydrogen-bond donors (Lipinski definition) is 1. The zero-order valence-electron chi connectivity index (χ0n) is 18.2. The summed E-state index contributed by atoms with van der Waals surface area (Å²) in [6, 6.07) is 9.38. The van der Waals surface area contributed by atoms with E-state index in [1.807, 2.05) is 0 Å². The lowest BCUT2D eigenvalue weighted by Gasteiger charge is -2.38. The normalized spacial score (nSPS) is 23.2. The Morgan fingerprint density at radius 2 is 1.89 bits per heavy atom. The molecular weight excluding hydrogens is 348 g/mol. The van der Waals surface area contributed by atoms with Gasteiger partial charge in [-0.2, -0.15) is 0 Å². The molecule has 1 N–H and O–H groups in total. The maximum absolute atomic E-state index is 5.01. The van der Waals surface area contributed by atoms with Crippen molar-refractivity contribution in [1.29, 1.82) is 0 Å². The lowest BCUT2D eigenvalue weighted by Crippen LogP contribution is -2.54. The van der Waals surface area contributed by atoms with Crippen LogP contribution in [0.1, 0.15) is 18.1 Å². The number of benzene rings is 1. The fourth-order valence-electron chi connectivity index (χ4n) is 4.10. The summed E-state index contributed by atoms with van der Waals surface area (Å²) in [5.41, 5.74) is 2.76. The van der Waals surface area contributed by atoms with E-state index in [2.05, 4.69) is 77.1 Å². The third-order valence-electron chi connectivity index (χ3n) is 5.93. The summed E-state index contributed by atoms with van der Waals surface area (Å²) in [7, 11) is 4.44. The van der Waals surface area contributed by atoms with E-state index >= 15 is 0 Å². The van der Waals surface area contributed by atoms with Gasteiger partial charge in [0.2, 0.25) is 0 Å². The summed E-state index contributed by atoms with van der Waals surface area (Å²) >= 11 is 0. The predicted molar refractivity (Wildman–Crippen MR) is 118 cm³/mol. The number of piperazine rings is 2. The minimum atomic E-state index is 0.509. The molecule has 2 aliphatic heterocycles. The Bertz CT molecular complexity index is 638. The van der Waals surface area contributed by atoms with Gasteiger partial charge in [-0.25, -0.2) is 0 Å². The number of likely N-dealkylation sites (N-methyl/N-ethyl adjacent to an activating group) is 2. The van der Waals surface area contributed by atoms with Crippen molar-refractivity contribution in [1.82, 2.24) is 24.9 Å². The van der Waals surface area contributed by atoms with E-state index in [9.17, 15) is 0 Å². The van der Waals surface area contributed by atoms with Crippen molar-refractivity contribution in [3.63, 3.8) is 0 Å². The number of guanidine groups is 1. The lowest BCUT2D eigenvalue weighted by molar-refractivity contribution is 0.119. The highest BCUT2D eigenvalue weighted by Crippen LogP contribution is 2.11. The molecule has 156 valence electrons. The first-order chi connectivity index (χ1) is 13.5. The Balaban J connectivity index is 1.53. The van der Waals surface area contributed by atoms with Crippen LogP contribution in [0.3, 0.4) is 0 Å². The van der Waals surface area contributed by atoms with Crippen molar-refractivity contribution in [2.24, 2.45) is 4.99 Å². The standard InChI is InChI=1S/C22H38N6/c1-5-23-22(24-16-21-18-25(3)9-10-26(21)4)28-13-11-27(12-14-28)17-20-8-6-7-19(2)15-20/h6-8,15,21H,5,9-14,16-18H2,1-4H3,(H,23,24). The maximum Gasteiger partial charge on any atom is 0.194 e. The first-order valence-corrected chi connectivity index (χ1v) is 10.7. The van der Waals surface area contributed by atoms with Gasteiger partial charge in [-0.3, -0.25) is 14.8 Å². The maximum atomic E-state index is 5.01. The largest absolute Gasteiger partial charge is 0.357 e. The van der Waals surface area contributed by atoms with E-state index in [4.69, 9.17) is 4.99 Å². The van der Waals surface area contributed by atoms with Crippen molar-refractivity contribution in [2.75, 3.05) is 73.0 Å². The number of rotatable bonds is 5. The van der Waals surface area contributed by atoms with Crippen molar-refractivity contribution in [2.45, 2.75) is 26.4 Å². The van der Waals surface area contributed by atoms with Crippen LogP contribution in [0.2, 0.25) is 0 Å². The number of nitrogens with one attached hydrogen (secondary N) is 1. The molecule has 0 saturated carbocycles. The van der Waals surface area contributed by atoms with E-state index in [1.54, 1.807) is 0 Å². The highest BCUT2D eigenvalue weighted by atomic mass is 15.4. The number of nitrogens with zero attached hydrogens (tertiary/aromatic N) is 5. The van der Waals surface area contributed by atoms with Crippen LogP contribution >= 0.6 is 0 Å². The SMILES string of the molecule is CCNC(=NCC1CN(C)CCN1C)N1CCN(Cc2cccc(C)c2)CC1. The van der Waals surface area contributed by atoms with Crippen LogP contribution in [0.15, 0.2) is 29.3 Å². The number of hydrogen-bond acceptors (Lipinski definition) is 4. The van der Waals surface area contributed by atoms with Gasteiger partial charge < -0.3 is 15.1 Å². The molecule has 0 spiro atoms. The first kappa shape index (κ1) is 21.1. The van der Waals surface area contributed by atoms with Crippen LogP contribution in [-0.2, 0) is 6.54 Å². The molecule has 1 aromatic carbocycles. The van der Waals surface area contributed by atoms with Crippen molar-refractivity contribution in [3.8, 4) is 0 Å². The molecule has 3 rings (SSSR count). The quantitative estimate of drug-likeness (QED) is 0.610. The first-order valence-electron chi connectivity index (χ1n) is 10.7. The second kappa shape index (κ2) is 10.2. The van der Waals surface area contributed by atoms with E-state index in [0.717, 1.165) is 71.4 Å². The molecule has 2 aliphatic rings. The molecule has 6 heteroatoms. The van der Waals surface area contributed by atoms with Crippen molar-refractivity contribution in [3.05, 3.63) is 35.4 Å². The molecule has 1 aromatic rings. The number of aryl methyl sites for hydroxylation is 1. The third-order valence-corrected chi connectivity index (χ3v) is 5.93. The molecule has 2 heterocycles. The van der Waals surface area contributed by atoms with Crippen LogP contribution < -0.4 is 5.32 Å². The molecule has 1 unspecified atom stereocenters. The molecule has 2 fully saturated rings. The van der Waals surface area contributed by atoms with Gasteiger partial charge in [0.05, 0.1) is 6.54 Å². The van der Waals surface area contributed by atoms with E-state index < -0.39 is 0 Å². The monoisotopic (exact) mass is 386 g/mol. The molecular formula is C22H38N6. The molecule has 0 amide bonds. The summed E-state index contributed by atoms with van der Waals surface area (Å²) in [5, 5.41) is 3.52. The fraction of sp³-hybridized carbons (Fsp3) is 0.682. The van der Waals surface area contributed by atoms with Crippen LogP contribution in [0.5, 0.6) is 0 Å². The predicted octanol–water partition coefficient (Wildman–Crippen LogP) is 1.32. The average molecular weight is 387 g/mol. The topological polar surface area (TPSA) is 37.4 Å². The summed E-state index contributed by atoms with van der Waals surface area (Å²) in [5.74, 6) is 1.08. The summed E-state index contributed by atoms with van der Waals surface area (Å²) in [6.07, 6.45) is 0. The Morgan fingerprint density at radius 3 is 2.61 bits per heavy atom. The van der Waals surface area contributed by atoms with Crippen molar-refractivity contribution >= 4 is 5.96 Å². The smallest absolute Gasteiger partial charge is 0.194 e. The number of aliphatic imine (C=N–C) groups is 1. The van der Waals surface area contributed by atoms with Gasteiger partial charge >= 0.3 is 0 Å². The molecule has 6 nitrogen and oxygen atoms in total. The summed E-state index contributed by atoms with van der Waals surface area (Å²) in [6.45, 7) is 14.8.